The van der Waals surface area contributed by atoms with Crippen LogP contribution in [0.3, 0.4) is 0 Å². The van der Waals surface area contributed by atoms with Gasteiger partial charge in [-0.2, -0.15) is 0 Å². The summed E-state index contributed by atoms with van der Waals surface area (Å²) in [5, 5.41) is 9.66. The maximum absolute atomic E-state index is 12.4. The van der Waals surface area contributed by atoms with Crippen LogP contribution >= 0.6 is 0 Å². The van der Waals surface area contributed by atoms with Crippen molar-refractivity contribution in [1.82, 2.24) is 14.9 Å². The first-order valence-corrected chi connectivity index (χ1v) is 9.11. The fraction of sp³-hybridized carbons (Fsp3) is 0.400. The third-order valence-electron chi connectivity index (χ3n) is 4.88. The van der Waals surface area contributed by atoms with Gasteiger partial charge in [0.2, 0.25) is 0 Å². The zero-order chi connectivity index (χ0) is 18.1. The molecule has 4 rings (SSSR count). The highest BCUT2D eigenvalue weighted by atomic mass is 16.5. The third-order valence-corrected chi connectivity index (χ3v) is 4.88. The van der Waals surface area contributed by atoms with Gasteiger partial charge in [-0.25, -0.2) is 4.98 Å². The van der Waals surface area contributed by atoms with Crippen molar-refractivity contribution in [2.75, 3.05) is 19.7 Å². The van der Waals surface area contributed by atoms with Crippen LogP contribution < -0.4 is 10.3 Å². The third kappa shape index (κ3) is 3.37. The van der Waals surface area contributed by atoms with Gasteiger partial charge in [-0.3, -0.25) is 9.69 Å². The van der Waals surface area contributed by atoms with E-state index in [0.717, 1.165) is 66.3 Å². The number of rotatable bonds is 4. The van der Waals surface area contributed by atoms with Gasteiger partial charge in [0.15, 0.2) is 0 Å². The Bertz CT molecular complexity index is 917. The average Bonchev–Trinajstić information content (AvgIpc) is 2.62. The van der Waals surface area contributed by atoms with E-state index in [1.807, 2.05) is 0 Å². The Kier molecular flexibility index (Phi) is 4.51. The molecule has 0 unspecified atom stereocenters. The molecule has 0 saturated carbocycles. The van der Waals surface area contributed by atoms with Crippen molar-refractivity contribution < 1.29 is 9.84 Å². The molecule has 26 heavy (non-hydrogen) atoms. The Morgan fingerprint density at radius 2 is 2.27 bits per heavy atom. The second-order valence-corrected chi connectivity index (χ2v) is 6.96. The monoisotopic (exact) mass is 353 g/mol. The minimum atomic E-state index is -0.00714. The lowest BCUT2D eigenvalue weighted by molar-refractivity contribution is 0.253. The predicted octanol–water partition coefficient (Wildman–Crippen LogP) is 2.26. The lowest BCUT2D eigenvalue weighted by Gasteiger charge is -2.29. The molecule has 0 fully saturated rings. The number of phenols is 1. The summed E-state index contributed by atoms with van der Waals surface area (Å²) in [6.07, 6.45) is 4.64. The van der Waals surface area contributed by atoms with E-state index in [1.54, 1.807) is 18.2 Å². The SMILES string of the molecule is CCCc1nc2c(c(=O)[nH]1)CN(CC1=Cc3cc(O)ccc3OC1)CC2. The van der Waals surface area contributed by atoms with Crippen LogP contribution in [0.25, 0.3) is 6.08 Å². The summed E-state index contributed by atoms with van der Waals surface area (Å²) < 4.78 is 5.78. The number of nitrogens with zero attached hydrogens (tertiary/aromatic N) is 2. The van der Waals surface area contributed by atoms with Crippen LogP contribution in [0.4, 0.5) is 0 Å². The Balaban J connectivity index is 1.51. The molecule has 136 valence electrons. The van der Waals surface area contributed by atoms with Crippen molar-refractivity contribution in [3.8, 4) is 11.5 Å². The van der Waals surface area contributed by atoms with Crippen molar-refractivity contribution in [2.45, 2.75) is 32.7 Å². The van der Waals surface area contributed by atoms with Crippen LogP contribution in [0.2, 0.25) is 0 Å². The molecule has 0 amide bonds. The first kappa shape index (κ1) is 16.8. The Labute approximate surface area is 152 Å². The molecule has 6 heteroatoms. The zero-order valence-electron chi connectivity index (χ0n) is 14.9. The first-order valence-electron chi connectivity index (χ1n) is 9.11. The molecule has 0 saturated heterocycles. The topological polar surface area (TPSA) is 78.5 Å². The van der Waals surface area contributed by atoms with Gasteiger partial charge in [0, 0.05) is 38.0 Å². The number of nitrogens with one attached hydrogen (secondary N) is 1. The van der Waals surface area contributed by atoms with Gasteiger partial charge in [-0.1, -0.05) is 6.92 Å². The van der Waals surface area contributed by atoms with Crippen molar-refractivity contribution in [2.24, 2.45) is 0 Å². The van der Waals surface area contributed by atoms with Crippen LogP contribution in [0.5, 0.6) is 11.5 Å². The number of fused-ring (bicyclic) bond motifs is 2. The van der Waals surface area contributed by atoms with E-state index in [1.165, 1.54) is 0 Å². The molecule has 2 N–H and O–H groups in total. The summed E-state index contributed by atoms with van der Waals surface area (Å²) in [4.78, 5) is 22.2. The lowest BCUT2D eigenvalue weighted by atomic mass is 10.0. The smallest absolute Gasteiger partial charge is 0.255 e. The van der Waals surface area contributed by atoms with E-state index in [4.69, 9.17) is 4.74 Å². The molecule has 0 atom stereocenters. The highest BCUT2D eigenvalue weighted by Gasteiger charge is 2.23. The highest BCUT2D eigenvalue weighted by molar-refractivity contribution is 5.64. The Morgan fingerprint density at radius 3 is 3.12 bits per heavy atom. The van der Waals surface area contributed by atoms with Crippen molar-refractivity contribution in [3.63, 3.8) is 0 Å². The number of hydrogen-bond donors (Lipinski definition) is 2. The van der Waals surface area contributed by atoms with Gasteiger partial charge in [-0.15, -0.1) is 0 Å². The normalized spacial score (nSPS) is 16.4. The summed E-state index contributed by atoms with van der Waals surface area (Å²) in [7, 11) is 0. The van der Waals surface area contributed by atoms with E-state index in [-0.39, 0.29) is 11.3 Å². The fourth-order valence-electron chi connectivity index (χ4n) is 3.61. The van der Waals surface area contributed by atoms with Gasteiger partial charge in [0.1, 0.15) is 23.9 Å². The molecule has 0 radical (unpaired) electrons. The number of H-pyrrole nitrogens is 1. The predicted molar refractivity (Wildman–Crippen MR) is 99.4 cm³/mol. The van der Waals surface area contributed by atoms with Gasteiger partial charge in [0.05, 0.1) is 11.3 Å². The number of aryl methyl sites for hydroxylation is 1. The number of aromatic amines is 1. The number of aromatic nitrogens is 2. The molecular weight excluding hydrogens is 330 g/mol. The molecule has 1 aromatic carbocycles. The maximum Gasteiger partial charge on any atom is 0.255 e. The molecule has 6 nitrogen and oxygen atoms in total. The molecule has 1 aromatic heterocycles. The fourth-order valence-corrected chi connectivity index (χ4v) is 3.61. The summed E-state index contributed by atoms with van der Waals surface area (Å²) in [5.74, 6) is 1.82. The van der Waals surface area contributed by atoms with E-state index >= 15 is 0 Å². The first-order chi connectivity index (χ1) is 12.6. The molecule has 2 aromatic rings. The van der Waals surface area contributed by atoms with Crippen molar-refractivity contribution >= 4 is 6.08 Å². The summed E-state index contributed by atoms with van der Waals surface area (Å²) in [6.45, 7) is 4.84. The zero-order valence-corrected chi connectivity index (χ0v) is 14.9. The van der Waals surface area contributed by atoms with Crippen LogP contribution in [0.1, 0.15) is 36.0 Å². The standard InChI is InChI=1S/C20H23N3O3/c1-2-3-19-21-17-6-7-23(11-16(17)20(25)22-19)10-13-8-14-9-15(24)4-5-18(14)26-12-13/h4-5,8-9,24H,2-3,6-7,10-12H2,1H3,(H,21,22,25). The van der Waals surface area contributed by atoms with Crippen LogP contribution in [0, 0.1) is 0 Å². The van der Waals surface area contributed by atoms with E-state index in [2.05, 4.69) is 27.9 Å². The summed E-state index contributed by atoms with van der Waals surface area (Å²) in [6, 6.07) is 5.13. The van der Waals surface area contributed by atoms with Crippen molar-refractivity contribution in [3.05, 3.63) is 56.8 Å². The lowest BCUT2D eigenvalue weighted by Crippen LogP contribution is -2.38. The highest BCUT2D eigenvalue weighted by Crippen LogP contribution is 2.30. The molecule has 0 bridgehead atoms. The molecule has 2 aliphatic rings. The van der Waals surface area contributed by atoms with Crippen molar-refractivity contribution in [1.29, 1.82) is 0 Å². The second kappa shape index (κ2) is 6.96. The van der Waals surface area contributed by atoms with Crippen LogP contribution in [-0.4, -0.2) is 39.7 Å². The minimum absolute atomic E-state index is 0.00714. The molecule has 3 heterocycles. The Morgan fingerprint density at radius 1 is 1.38 bits per heavy atom. The number of ether oxygens (including phenoxy) is 1. The summed E-state index contributed by atoms with van der Waals surface area (Å²) in [5.41, 5.74) is 3.75. The summed E-state index contributed by atoms with van der Waals surface area (Å²) >= 11 is 0. The van der Waals surface area contributed by atoms with Gasteiger partial charge in [-0.05, 0) is 36.3 Å². The minimum Gasteiger partial charge on any atom is -0.508 e. The largest absolute Gasteiger partial charge is 0.508 e. The van der Waals surface area contributed by atoms with Gasteiger partial charge < -0.3 is 14.8 Å². The molecule has 0 spiro atoms. The molecular formula is C20H23N3O3. The number of aromatic hydroxyl groups is 1. The van der Waals surface area contributed by atoms with Crippen LogP contribution in [-0.2, 0) is 19.4 Å². The van der Waals surface area contributed by atoms with Crippen LogP contribution in [0.15, 0.2) is 28.6 Å². The second-order valence-electron chi connectivity index (χ2n) is 6.96. The van der Waals surface area contributed by atoms with Gasteiger partial charge in [0.25, 0.3) is 5.56 Å². The molecule has 0 aliphatic carbocycles. The van der Waals surface area contributed by atoms with Gasteiger partial charge >= 0.3 is 0 Å². The maximum atomic E-state index is 12.4. The number of phenolic OH excluding ortho intramolecular Hbond substituents is 1. The van der Waals surface area contributed by atoms with E-state index in [0.29, 0.717) is 13.2 Å². The molecule has 2 aliphatic heterocycles. The Hall–Kier alpha value is -2.60. The average molecular weight is 353 g/mol. The number of hydrogen-bond acceptors (Lipinski definition) is 5. The number of benzene rings is 1. The van der Waals surface area contributed by atoms with E-state index < -0.39 is 0 Å². The quantitative estimate of drug-likeness (QED) is 0.882. The van der Waals surface area contributed by atoms with E-state index in [9.17, 15) is 9.90 Å².